The van der Waals surface area contributed by atoms with Crippen LogP contribution in [0.4, 0.5) is 0 Å². The molecule has 4 heteroatoms. The molecule has 0 aromatic carbocycles. The minimum Gasteiger partial charge on any atom is -0.354 e. The smallest absolute Gasteiger partial charge is 0.220 e. The topological polar surface area (TPSA) is 55.1 Å². The van der Waals surface area contributed by atoms with E-state index < -0.39 is 0 Å². The fraction of sp³-hybridized carbons (Fsp3) is 0.917. The molecular formula is C12H27ClN2O. The van der Waals surface area contributed by atoms with Gasteiger partial charge in [0.1, 0.15) is 0 Å². The fourth-order valence-electron chi connectivity index (χ4n) is 1.33. The van der Waals surface area contributed by atoms with Gasteiger partial charge in [0, 0.05) is 12.5 Å². The second-order valence-electron chi connectivity index (χ2n) is 5.46. The maximum Gasteiger partial charge on any atom is 0.220 e. The monoisotopic (exact) mass is 250 g/mol. The van der Waals surface area contributed by atoms with Crippen LogP contribution in [0.2, 0.25) is 0 Å². The quantitative estimate of drug-likeness (QED) is 0.761. The van der Waals surface area contributed by atoms with Crippen molar-refractivity contribution in [2.24, 2.45) is 11.1 Å². The Hall–Kier alpha value is -0.280. The van der Waals surface area contributed by atoms with Gasteiger partial charge in [-0.2, -0.15) is 0 Å². The third kappa shape index (κ3) is 11.8. The van der Waals surface area contributed by atoms with Crippen LogP contribution in [-0.4, -0.2) is 18.5 Å². The lowest BCUT2D eigenvalue weighted by Gasteiger charge is -2.21. The molecule has 1 unspecified atom stereocenters. The zero-order valence-electron chi connectivity index (χ0n) is 11.0. The summed E-state index contributed by atoms with van der Waals surface area (Å²) in [7, 11) is 0. The highest BCUT2D eigenvalue weighted by molar-refractivity contribution is 5.85. The Morgan fingerprint density at radius 1 is 1.38 bits per heavy atom. The molecule has 16 heavy (non-hydrogen) atoms. The van der Waals surface area contributed by atoms with Crippen LogP contribution in [0.15, 0.2) is 0 Å². The highest BCUT2D eigenvalue weighted by atomic mass is 35.5. The highest BCUT2D eigenvalue weighted by Gasteiger charge is 2.13. The Morgan fingerprint density at radius 3 is 2.38 bits per heavy atom. The second kappa shape index (κ2) is 8.82. The zero-order valence-corrected chi connectivity index (χ0v) is 11.8. The first-order chi connectivity index (χ1) is 6.85. The summed E-state index contributed by atoms with van der Waals surface area (Å²) in [6, 6.07) is 0.273. The Kier molecular flexibility index (Phi) is 9.98. The average molecular weight is 251 g/mol. The van der Waals surface area contributed by atoms with Crippen LogP contribution < -0.4 is 11.1 Å². The van der Waals surface area contributed by atoms with Crippen LogP contribution in [0, 0.1) is 5.41 Å². The number of nitrogens with one attached hydrogen (secondary N) is 1. The van der Waals surface area contributed by atoms with Crippen LogP contribution >= 0.6 is 12.4 Å². The SMILES string of the molecule is CC(CCC(C)(C)C)NC(=O)CCCN.Cl. The van der Waals surface area contributed by atoms with Gasteiger partial charge in [-0.05, 0) is 38.1 Å². The number of rotatable bonds is 6. The molecule has 0 aliphatic rings. The predicted octanol–water partition coefficient (Wildman–Crippen LogP) is 2.48. The number of hydrogen-bond donors (Lipinski definition) is 2. The van der Waals surface area contributed by atoms with Crippen molar-refractivity contribution in [2.75, 3.05) is 6.54 Å². The summed E-state index contributed by atoms with van der Waals surface area (Å²) in [5.41, 5.74) is 5.69. The van der Waals surface area contributed by atoms with Gasteiger partial charge in [0.25, 0.3) is 0 Å². The van der Waals surface area contributed by atoms with Crippen molar-refractivity contribution in [3.05, 3.63) is 0 Å². The van der Waals surface area contributed by atoms with Crippen LogP contribution in [0.1, 0.15) is 53.4 Å². The Bertz CT molecular complexity index is 190. The Balaban J connectivity index is 0. The highest BCUT2D eigenvalue weighted by Crippen LogP contribution is 2.21. The van der Waals surface area contributed by atoms with Gasteiger partial charge in [-0.1, -0.05) is 20.8 Å². The molecule has 0 spiro atoms. The van der Waals surface area contributed by atoms with Gasteiger partial charge in [0.15, 0.2) is 0 Å². The first-order valence-electron chi connectivity index (χ1n) is 5.84. The van der Waals surface area contributed by atoms with E-state index in [4.69, 9.17) is 5.73 Å². The molecule has 0 aromatic heterocycles. The fourth-order valence-corrected chi connectivity index (χ4v) is 1.33. The molecule has 1 atom stereocenters. The molecule has 0 bridgehead atoms. The van der Waals surface area contributed by atoms with E-state index in [2.05, 4.69) is 33.0 Å². The van der Waals surface area contributed by atoms with Gasteiger partial charge < -0.3 is 11.1 Å². The van der Waals surface area contributed by atoms with Gasteiger partial charge in [-0.3, -0.25) is 4.79 Å². The van der Waals surface area contributed by atoms with Gasteiger partial charge >= 0.3 is 0 Å². The van der Waals surface area contributed by atoms with E-state index >= 15 is 0 Å². The van der Waals surface area contributed by atoms with E-state index in [-0.39, 0.29) is 24.4 Å². The maximum absolute atomic E-state index is 11.4. The third-order valence-corrected chi connectivity index (χ3v) is 2.34. The maximum atomic E-state index is 11.4. The van der Waals surface area contributed by atoms with E-state index in [1.165, 1.54) is 0 Å². The second-order valence-corrected chi connectivity index (χ2v) is 5.46. The van der Waals surface area contributed by atoms with Crippen LogP contribution in [-0.2, 0) is 4.79 Å². The number of carbonyl (C=O) groups is 1. The number of hydrogen-bond acceptors (Lipinski definition) is 2. The molecule has 0 radical (unpaired) electrons. The van der Waals surface area contributed by atoms with Gasteiger partial charge in [-0.25, -0.2) is 0 Å². The molecule has 0 saturated carbocycles. The molecule has 0 aliphatic heterocycles. The number of carbonyl (C=O) groups excluding carboxylic acids is 1. The summed E-state index contributed by atoms with van der Waals surface area (Å²) < 4.78 is 0. The van der Waals surface area contributed by atoms with Crippen molar-refractivity contribution in [3.8, 4) is 0 Å². The molecule has 0 rings (SSSR count). The lowest BCUT2D eigenvalue weighted by molar-refractivity contribution is -0.121. The van der Waals surface area contributed by atoms with Crippen molar-refractivity contribution < 1.29 is 4.79 Å². The Labute approximate surface area is 106 Å². The lowest BCUT2D eigenvalue weighted by atomic mass is 9.89. The van der Waals surface area contributed by atoms with Crippen LogP contribution in [0.5, 0.6) is 0 Å². The van der Waals surface area contributed by atoms with E-state index in [0.717, 1.165) is 19.3 Å². The van der Waals surface area contributed by atoms with Gasteiger partial charge in [0.2, 0.25) is 5.91 Å². The van der Waals surface area contributed by atoms with Crippen molar-refractivity contribution in [1.29, 1.82) is 0 Å². The molecule has 98 valence electrons. The lowest BCUT2D eigenvalue weighted by Crippen LogP contribution is -2.33. The normalized spacial score (nSPS) is 12.8. The number of halogens is 1. The third-order valence-electron chi connectivity index (χ3n) is 2.34. The molecule has 3 N–H and O–H groups in total. The molecule has 0 aliphatic carbocycles. The largest absolute Gasteiger partial charge is 0.354 e. The van der Waals surface area contributed by atoms with E-state index in [1.54, 1.807) is 0 Å². The minimum absolute atomic E-state index is 0. The van der Waals surface area contributed by atoms with Gasteiger partial charge in [0.05, 0.1) is 0 Å². The minimum atomic E-state index is 0. The summed E-state index contributed by atoms with van der Waals surface area (Å²) >= 11 is 0. The predicted molar refractivity (Wildman–Crippen MR) is 71.8 cm³/mol. The standard InChI is InChI=1S/C12H26N2O.ClH/c1-10(7-8-12(2,3)4)14-11(15)6-5-9-13;/h10H,5-9,13H2,1-4H3,(H,14,15);1H. The van der Waals surface area contributed by atoms with Crippen LogP contribution in [0.3, 0.4) is 0 Å². The molecule has 0 aromatic rings. The van der Waals surface area contributed by atoms with Crippen molar-refractivity contribution in [2.45, 2.75) is 59.4 Å². The average Bonchev–Trinajstić information content (AvgIpc) is 2.10. The number of nitrogens with two attached hydrogens (primary N) is 1. The van der Waals surface area contributed by atoms with Crippen molar-refractivity contribution in [1.82, 2.24) is 5.32 Å². The first-order valence-corrected chi connectivity index (χ1v) is 5.84. The molecule has 3 nitrogen and oxygen atoms in total. The van der Waals surface area contributed by atoms with Crippen molar-refractivity contribution >= 4 is 18.3 Å². The van der Waals surface area contributed by atoms with E-state index in [1.807, 2.05) is 0 Å². The first kappa shape index (κ1) is 18.1. The van der Waals surface area contributed by atoms with E-state index in [9.17, 15) is 4.79 Å². The molecular weight excluding hydrogens is 224 g/mol. The Morgan fingerprint density at radius 2 is 1.94 bits per heavy atom. The van der Waals surface area contributed by atoms with Crippen LogP contribution in [0.25, 0.3) is 0 Å². The van der Waals surface area contributed by atoms with E-state index in [0.29, 0.717) is 18.4 Å². The number of amides is 1. The zero-order chi connectivity index (χ0) is 11.9. The summed E-state index contributed by atoms with van der Waals surface area (Å²) in [4.78, 5) is 11.4. The summed E-state index contributed by atoms with van der Waals surface area (Å²) in [5.74, 6) is 0.127. The molecule has 0 heterocycles. The molecule has 0 fully saturated rings. The van der Waals surface area contributed by atoms with Crippen molar-refractivity contribution in [3.63, 3.8) is 0 Å². The summed E-state index contributed by atoms with van der Waals surface area (Å²) in [5, 5.41) is 2.99. The van der Waals surface area contributed by atoms with Gasteiger partial charge in [-0.15, -0.1) is 12.4 Å². The molecule has 1 amide bonds. The summed E-state index contributed by atoms with van der Waals surface area (Å²) in [6.45, 7) is 9.30. The molecule has 0 saturated heterocycles. The summed E-state index contributed by atoms with van der Waals surface area (Å²) in [6.07, 6.45) is 3.50.